The van der Waals surface area contributed by atoms with Gasteiger partial charge in [-0.1, -0.05) is 37.3 Å². The van der Waals surface area contributed by atoms with E-state index in [4.69, 9.17) is 4.74 Å². The van der Waals surface area contributed by atoms with Crippen molar-refractivity contribution in [3.05, 3.63) is 35.9 Å². The van der Waals surface area contributed by atoms with E-state index in [1.165, 1.54) is 0 Å². The van der Waals surface area contributed by atoms with Gasteiger partial charge in [0.1, 0.15) is 0 Å². The van der Waals surface area contributed by atoms with Gasteiger partial charge in [-0.15, -0.1) is 0 Å². The van der Waals surface area contributed by atoms with Gasteiger partial charge in [0, 0.05) is 31.2 Å². The zero-order valence-corrected chi connectivity index (χ0v) is 11.6. The van der Waals surface area contributed by atoms with Crippen LogP contribution < -0.4 is 0 Å². The third kappa shape index (κ3) is 4.98. The van der Waals surface area contributed by atoms with Crippen molar-refractivity contribution in [2.45, 2.75) is 13.8 Å². The summed E-state index contributed by atoms with van der Waals surface area (Å²) in [6, 6.07) is 9.48. The van der Waals surface area contributed by atoms with Crippen molar-refractivity contribution < 1.29 is 9.53 Å². The largest absolute Gasteiger partial charge is 0.380 e. The molecule has 0 aliphatic heterocycles. The van der Waals surface area contributed by atoms with Gasteiger partial charge in [0.05, 0.1) is 6.61 Å². The van der Waals surface area contributed by atoms with Crippen molar-refractivity contribution in [1.29, 1.82) is 0 Å². The number of hydrogen-bond acceptors (Lipinski definition) is 3. The first kappa shape index (κ1) is 14.9. The number of ketones is 1. The van der Waals surface area contributed by atoms with Crippen LogP contribution in [0.15, 0.2) is 30.3 Å². The Bertz CT molecular complexity index is 351. The predicted octanol–water partition coefficient (Wildman–Crippen LogP) is 2.47. The average Bonchev–Trinajstić information content (AvgIpc) is 2.39. The van der Waals surface area contributed by atoms with Crippen LogP contribution in [0, 0.1) is 5.92 Å². The number of Topliss-reactive ketones (excluding diaryl/α,β-unsaturated/α-hetero) is 1. The van der Waals surface area contributed by atoms with Gasteiger partial charge in [0.25, 0.3) is 0 Å². The predicted molar refractivity (Wildman–Crippen MR) is 73.9 cm³/mol. The van der Waals surface area contributed by atoms with Gasteiger partial charge < -0.3 is 9.64 Å². The lowest BCUT2D eigenvalue weighted by molar-refractivity contribution is 0.0868. The lowest BCUT2D eigenvalue weighted by atomic mass is 9.99. The second-order valence-electron chi connectivity index (χ2n) is 4.59. The summed E-state index contributed by atoms with van der Waals surface area (Å²) < 4.78 is 5.30. The number of ether oxygens (including phenoxy) is 1. The van der Waals surface area contributed by atoms with Crippen molar-refractivity contribution in [3.63, 3.8) is 0 Å². The van der Waals surface area contributed by atoms with Crippen LogP contribution in [-0.2, 0) is 4.74 Å². The highest BCUT2D eigenvalue weighted by molar-refractivity contribution is 5.97. The van der Waals surface area contributed by atoms with Crippen LogP contribution in [0.1, 0.15) is 24.2 Å². The average molecular weight is 249 g/mol. The van der Waals surface area contributed by atoms with E-state index in [0.29, 0.717) is 0 Å². The molecule has 0 heterocycles. The minimum atomic E-state index is 0.0130. The molecule has 1 aromatic carbocycles. The summed E-state index contributed by atoms with van der Waals surface area (Å²) in [6.45, 7) is 7.06. The first-order valence-corrected chi connectivity index (χ1v) is 6.50. The standard InChI is InChI=1S/C15H23NO2/c1-4-18-11-10-16(3)12-13(2)15(17)14-8-6-5-7-9-14/h5-9,13H,4,10-12H2,1-3H3. The lowest BCUT2D eigenvalue weighted by Gasteiger charge is -2.20. The third-order valence-corrected chi connectivity index (χ3v) is 2.91. The monoisotopic (exact) mass is 249 g/mol. The number of nitrogens with zero attached hydrogens (tertiary/aromatic N) is 1. The Kier molecular flexibility index (Phi) is 6.61. The van der Waals surface area contributed by atoms with Gasteiger partial charge in [-0.2, -0.15) is 0 Å². The molecule has 0 spiro atoms. The Hall–Kier alpha value is -1.19. The third-order valence-electron chi connectivity index (χ3n) is 2.91. The molecule has 0 aliphatic carbocycles. The normalized spacial score (nSPS) is 12.7. The zero-order chi connectivity index (χ0) is 13.4. The van der Waals surface area contributed by atoms with E-state index in [1.54, 1.807) is 0 Å². The second-order valence-corrected chi connectivity index (χ2v) is 4.59. The molecule has 0 N–H and O–H groups in total. The summed E-state index contributed by atoms with van der Waals surface area (Å²) >= 11 is 0. The quantitative estimate of drug-likeness (QED) is 0.523. The van der Waals surface area contributed by atoms with Crippen molar-refractivity contribution in [2.75, 3.05) is 33.4 Å². The molecule has 3 heteroatoms. The Morgan fingerprint density at radius 3 is 2.61 bits per heavy atom. The molecule has 18 heavy (non-hydrogen) atoms. The molecule has 0 amide bonds. The van der Waals surface area contributed by atoms with Crippen LogP contribution in [0.3, 0.4) is 0 Å². The molecular formula is C15H23NO2. The van der Waals surface area contributed by atoms with E-state index in [0.717, 1.165) is 31.9 Å². The number of carbonyl (C=O) groups is 1. The summed E-state index contributed by atoms with van der Waals surface area (Å²) in [7, 11) is 2.02. The maximum atomic E-state index is 12.2. The molecule has 0 saturated heterocycles. The molecule has 0 aromatic heterocycles. The van der Waals surface area contributed by atoms with Crippen molar-refractivity contribution in [3.8, 4) is 0 Å². The fourth-order valence-electron chi connectivity index (χ4n) is 1.89. The van der Waals surface area contributed by atoms with E-state index < -0.39 is 0 Å². The Morgan fingerprint density at radius 1 is 1.33 bits per heavy atom. The van der Waals surface area contributed by atoms with Crippen LogP contribution in [0.5, 0.6) is 0 Å². The minimum Gasteiger partial charge on any atom is -0.380 e. The maximum Gasteiger partial charge on any atom is 0.166 e. The highest BCUT2D eigenvalue weighted by Gasteiger charge is 2.16. The zero-order valence-electron chi connectivity index (χ0n) is 11.6. The molecule has 0 bridgehead atoms. The molecule has 1 atom stereocenters. The highest BCUT2D eigenvalue weighted by Crippen LogP contribution is 2.09. The molecule has 3 nitrogen and oxygen atoms in total. The number of likely N-dealkylation sites (N-methyl/N-ethyl adjacent to an activating group) is 1. The molecular weight excluding hydrogens is 226 g/mol. The van der Waals surface area contributed by atoms with Gasteiger partial charge >= 0.3 is 0 Å². The topological polar surface area (TPSA) is 29.5 Å². The molecule has 0 saturated carbocycles. The lowest BCUT2D eigenvalue weighted by Crippen LogP contribution is -2.31. The van der Waals surface area contributed by atoms with Crippen LogP contribution in [0.4, 0.5) is 0 Å². The van der Waals surface area contributed by atoms with E-state index in [1.807, 2.05) is 51.2 Å². The molecule has 0 fully saturated rings. The van der Waals surface area contributed by atoms with Crippen LogP contribution in [0.25, 0.3) is 0 Å². The highest BCUT2D eigenvalue weighted by atomic mass is 16.5. The first-order chi connectivity index (χ1) is 8.65. The van der Waals surface area contributed by atoms with Crippen LogP contribution >= 0.6 is 0 Å². The number of benzene rings is 1. The molecule has 1 unspecified atom stereocenters. The first-order valence-electron chi connectivity index (χ1n) is 6.50. The number of rotatable bonds is 8. The minimum absolute atomic E-state index is 0.0130. The SMILES string of the molecule is CCOCCN(C)CC(C)C(=O)c1ccccc1. The van der Waals surface area contributed by atoms with E-state index in [2.05, 4.69) is 4.90 Å². The van der Waals surface area contributed by atoms with Crippen molar-refractivity contribution in [1.82, 2.24) is 4.90 Å². The van der Waals surface area contributed by atoms with E-state index >= 15 is 0 Å². The Labute approximate surface area is 110 Å². The van der Waals surface area contributed by atoms with Gasteiger partial charge in [0.15, 0.2) is 5.78 Å². The Morgan fingerprint density at radius 2 is 2.00 bits per heavy atom. The Balaban J connectivity index is 2.40. The number of hydrogen-bond donors (Lipinski definition) is 0. The van der Waals surface area contributed by atoms with E-state index in [9.17, 15) is 4.79 Å². The smallest absolute Gasteiger partial charge is 0.166 e. The number of carbonyl (C=O) groups excluding carboxylic acids is 1. The fraction of sp³-hybridized carbons (Fsp3) is 0.533. The molecule has 0 aliphatic rings. The molecule has 0 radical (unpaired) electrons. The maximum absolute atomic E-state index is 12.2. The molecule has 1 aromatic rings. The molecule has 1 rings (SSSR count). The summed E-state index contributed by atoms with van der Waals surface area (Å²) in [4.78, 5) is 14.3. The second kappa shape index (κ2) is 8.01. The van der Waals surface area contributed by atoms with Gasteiger partial charge in [0.2, 0.25) is 0 Å². The van der Waals surface area contributed by atoms with Crippen molar-refractivity contribution >= 4 is 5.78 Å². The van der Waals surface area contributed by atoms with Crippen LogP contribution in [0.2, 0.25) is 0 Å². The van der Waals surface area contributed by atoms with Crippen molar-refractivity contribution in [2.24, 2.45) is 5.92 Å². The van der Waals surface area contributed by atoms with Gasteiger partial charge in [-0.05, 0) is 14.0 Å². The summed E-state index contributed by atoms with van der Waals surface area (Å²) in [6.07, 6.45) is 0. The molecule has 100 valence electrons. The van der Waals surface area contributed by atoms with Crippen LogP contribution in [-0.4, -0.2) is 44.0 Å². The fourth-order valence-corrected chi connectivity index (χ4v) is 1.89. The summed E-state index contributed by atoms with van der Waals surface area (Å²) in [5.74, 6) is 0.220. The van der Waals surface area contributed by atoms with Gasteiger partial charge in [-0.3, -0.25) is 4.79 Å². The van der Waals surface area contributed by atoms with E-state index in [-0.39, 0.29) is 11.7 Å². The summed E-state index contributed by atoms with van der Waals surface area (Å²) in [5.41, 5.74) is 0.795. The summed E-state index contributed by atoms with van der Waals surface area (Å²) in [5, 5.41) is 0. The van der Waals surface area contributed by atoms with Gasteiger partial charge in [-0.25, -0.2) is 0 Å².